The van der Waals surface area contributed by atoms with Gasteiger partial charge in [0.05, 0.1) is 22.5 Å². The number of rotatable bonds is 5. The Balaban J connectivity index is 1.33. The van der Waals surface area contributed by atoms with Gasteiger partial charge in [-0.1, -0.05) is 6.07 Å². The van der Waals surface area contributed by atoms with Gasteiger partial charge in [0.2, 0.25) is 5.88 Å². The fraction of sp³-hybridized carbons (Fsp3) is 0.174. The van der Waals surface area contributed by atoms with Crippen molar-refractivity contribution in [3.63, 3.8) is 0 Å². The van der Waals surface area contributed by atoms with Crippen LogP contribution in [0.1, 0.15) is 12.8 Å². The monoisotopic (exact) mass is 421 g/mol. The maximum Gasteiger partial charge on any atom is 0.306 e. The van der Waals surface area contributed by atoms with Gasteiger partial charge in [-0.05, 0) is 48.7 Å². The molecule has 2 aromatic carbocycles. The van der Waals surface area contributed by atoms with Gasteiger partial charge in [0.25, 0.3) is 0 Å². The predicted molar refractivity (Wildman–Crippen MR) is 109 cm³/mol. The van der Waals surface area contributed by atoms with Crippen LogP contribution < -0.4 is 4.74 Å². The van der Waals surface area contributed by atoms with E-state index in [0.29, 0.717) is 46.7 Å². The number of hydrogen-bond donors (Lipinski definition) is 2. The zero-order valence-electron chi connectivity index (χ0n) is 16.2. The highest BCUT2D eigenvalue weighted by molar-refractivity contribution is 5.80. The average Bonchev–Trinajstić information content (AvgIpc) is 3.13. The first kappa shape index (κ1) is 19.2. The van der Waals surface area contributed by atoms with Crippen molar-refractivity contribution in [3.05, 3.63) is 66.4 Å². The molecule has 0 atom stereocenters. The first-order valence-corrected chi connectivity index (χ1v) is 9.77. The molecule has 0 radical (unpaired) electrons. The second-order valence-corrected chi connectivity index (χ2v) is 7.57. The Morgan fingerprint density at radius 1 is 1.06 bits per heavy atom. The lowest BCUT2D eigenvalue weighted by Gasteiger charge is -2.31. The van der Waals surface area contributed by atoms with E-state index in [1.165, 1.54) is 18.2 Å². The number of carboxylic acids is 1. The minimum atomic E-state index is -0.802. The highest BCUT2D eigenvalue weighted by atomic mass is 19.1. The van der Waals surface area contributed by atoms with Gasteiger partial charge in [0.15, 0.2) is 0 Å². The fourth-order valence-electron chi connectivity index (χ4n) is 3.65. The number of halogens is 2. The molecule has 0 unspecified atom stereocenters. The number of hydrogen-bond acceptors (Lipinski definition) is 4. The molecule has 6 nitrogen and oxygen atoms in total. The summed E-state index contributed by atoms with van der Waals surface area (Å²) in [5.74, 6) is -1.29. The molecule has 2 heterocycles. The average molecular weight is 421 g/mol. The smallest absolute Gasteiger partial charge is 0.306 e. The SMILES string of the molecule is O=C(O)[C@H]1C[C@@H](Oc2ccc(-c3ccc(-c4nc5cc(F)ccc5[nH]4)c(F)c3)cn2)C1. The number of nitrogens with zero attached hydrogens (tertiary/aromatic N) is 2. The van der Waals surface area contributed by atoms with Crippen LogP contribution in [0.5, 0.6) is 5.88 Å². The van der Waals surface area contributed by atoms with E-state index >= 15 is 0 Å². The van der Waals surface area contributed by atoms with Crippen molar-refractivity contribution < 1.29 is 23.4 Å². The molecule has 1 saturated carbocycles. The quantitative estimate of drug-likeness (QED) is 0.483. The molecule has 4 aromatic rings. The highest BCUT2D eigenvalue weighted by Gasteiger charge is 2.36. The standard InChI is InChI=1S/C23H17F2N3O3/c24-15-3-5-19-20(10-15)28-22(27-19)17-4-1-12(9-18(17)25)13-2-6-21(26-11-13)31-16-7-14(8-16)23(29)30/h1-6,9-11,14,16H,7-8H2,(H,27,28)(H,29,30)/t14-,16+. The second-order valence-electron chi connectivity index (χ2n) is 7.57. The zero-order chi connectivity index (χ0) is 21.5. The molecular weight excluding hydrogens is 404 g/mol. The van der Waals surface area contributed by atoms with Crippen LogP contribution in [-0.2, 0) is 4.79 Å². The first-order chi connectivity index (χ1) is 15.0. The number of carboxylic acid groups (broad SMARTS) is 1. The Bertz CT molecular complexity index is 1280. The summed E-state index contributed by atoms with van der Waals surface area (Å²) < 4.78 is 33.9. The highest BCUT2D eigenvalue weighted by Crippen LogP contribution is 2.32. The normalized spacial score (nSPS) is 18.0. The summed E-state index contributed by atoms with van der Waals surface area (Å²) in [6, 6.07) is 12.4. The van der Waals surface area contributed by atoms with Gasteiger partial charge in [-0.2, -0.15) is 0 Å². The van der Waals surface area contributed by atoms with Crippen LogP contribution in [0, 0.1) is 17.6 Å². The Morgan fingerprint density at radius 3 is 2.58 bits per heavy atom. The van der Waals surface area contributed by atoms with Crippen molar-refractivity contribution in [2.24, 2.45) is 5.92 Å². The Hall–Kier alpha value is -3.81. The molecule has 31 heavy (non-hydrogen) atoms. The zero-order valence-corrected chi connectivity index (χ0v) is 16.2. The third-order valence-corrected chi connectivity index (χ3v) is 5.47. The number of fused-ring (bicyclic) bond motifs is 1. The number of H-pyrrole nitrogens is 1. The van der Waals surface area contributed by atoms with Gasteiger partial charge >= 0.3 is 5.97 Å². The van der Waals surface area contributed by atoms with Crippen molar-refractivity contribution in [1.82, 2.24) is 15.0 Å². The van der Waals surface area contributed by atoms with Gasteiger partial charge in [-0.15, -0.1) is 0 Å². The van der Waals surface area contributed by atoms with Gasteiger partial charge in [-0.3, -0.25) is 4.79 Å². The molecule has 1 fully saturated rings. The molecule has 0 spiro atoms. The fourth-order valence-corrected chi connectivity index (χ4v) is 3.65. The van der Waals surface area contributed by atoms with Crippen LogP contribution in [0.3, 0.4) is 0 Å². The lowest BCUT2D eigenvalue weighted by molar-refractivity contribution is -0.148. The van der Waals surface area contributed by atoms with Crippen molar-refractivity contribution in [2.75, 3.05) is 0 Å². The summed E-state index contributed by atoms with van der Waals surface area (Å²) in [6.07, 6.45) is 2.38. The van der Waals surface area contributed by atoms with Crippen molar-refractivity contribution in [1.29, 1.82) is 0 Å². The van der Waals surface area contributed by atoms with Crippen LogP contribution in [0.2, 0.25) is 0 Å². The molecule has 0 bridgehead atoms. The number of imidazole rings is 1. The number of aliphatic carboxylic acids is 1. The molecule has 8 heteroatoms. The summed E-state index contributed by atoms with van der Waals surface area (Å²) in [5.41, 5.74) is 2.69. The Morgan fingerprint density at radius 2 is 1.87 bits per heavy atom. The number of aromatic amines is 1. The van der Waals surface area contributed by atoms with Crippen LogP contribution in [0.15, 0.2) is 54.7 Å². The second kappa shape index (κ2) is 7.46. The molecule has 2 aromatic heterocycles. The maximum absolute atomic E-state index is 14.8. The Labute approximate surface area is 175 Å². The lowest BCUT2D eigenvalue weighted by Crippen LogP contribution is -2.38. The van der Waals surface area contributed by atoms with Gasteiger partial charge in [-0.25, -0.2) is 18.7 Å². The number of benzene rings is 2. The number of ether oxygens (including phenoxy) is 1. The van der Waals surface area contributed by atoms with E-state index in [4.69, 9.17) is 9.84 Å². The van der Waals surface area contributed by atoms with Gasteiger partial charge < -0.3 is 14.8 Å². The lowest BCUT2D eigenvalue weighted by atomic mass is 9.82. The minimum absolute atomic E-state index is 0.145. The number of nitrogens with one attached hydrogen (secondary N) is 1. The van der Waals surface area contributed by atoms with Crippen LogP contribution >= 0.6 is 0 Å². The summed E-state index contributed by atoms with van der Waals surface area (Å²) in [6.45, 7) is 0. The minimum Gasteiger partial charge on any atom is -0.481 e. The van der Waals surface area contributed by atoms with Crippen molar-refractivity contribution in [3.8, 4) is 28.4 Å². The van der Waals surface area contributed by atoms with Crippen LogP contribution in [0.4, 0.5) is 8.78 Å². The maximum atomic E-state index is 14.8. The van der Waals surface area contributed by atoms with Crippen molar-refractivity contribution in [2.45, 2.75) is 18.9 Å². The third kappa shape index (κ3) is 3.72. The number of aromatic nitrogens is 3. The summed E-state index contributed by atoms with van der Waals surface area (Å²) in [4.78, 5) is 22.4. The molecule has 156 valence electrons. The summed E-state index contributed by atoms with van der Waals surface area (Å²) in [5, 5.41) is 8.92. The molecule has 0 aliphatic heterocycles. The Kier molecular flexibility index (Phi) is 4.62. The molecule has 5 rings (SSSR count). The molecular formula is C23H17F2N3O3. The van der Waals surface area contributed by atoms with E-state index in [0.717, 1.165) is 0 Å². The summed E-state index contributed by atoms with van der Waals surface area (Å²) in [7, 11) is 0. The van der Waals surface area contributed by atoms with E-state index in [1.807, 2.05) is 0 Å². The topological polar surface area (TPSA) is 88.1 Å². The van der Waals surface area contributed by atoms with E-state index < -0.39 is 17.6 Å². The van der Waals surface area contributed by atoms with Crippen LogP contribution in [0.25, 0.3) is 33.5 Å². The van der Waals surface area contributed by atoms with Crippen molar-refractivity contribution >= 4 is 17.0 Å². The molecule has 2 N–H and O–H groups in total. The predicted octanol–water partition coefficient (Wildman–Crippen LogP) is 4.81. The van der Waals surface area contributed by atoms with E-state index in [1.54, 1.807) is 36.5 Å². The van der Waals surface area contributed by atoms with Gasteiger partial charge in [0.1, 0.15) is 23.6 Å². The van der Waals surface area contributed by atoms with Gasteiger partial charge in [0, 0.05) is 23.9 Å². The first-order valence-electron chi connectivity index (χ1n) is 9.77. The third-order valence-electron chi connectivity index (χ3n) is 5.47. The van der Waals surface area contributed by atoms with E-state index in [2.05, 4.69) is 15.0 Å². The number of carbonyl (C=O) groups is 1. The largest absolute Gasteiger partial charge is 0.481 e. The molecule has 0 amide bonds. The van der Waals surface area contributed by atoms with Crippen LogP contribution in [-0.4, -0.2) is 32.1 Å². The summed E-state index contributed by atoms with van der Waals surface area (Å²) >= 11 is 0. The van der Waals surface area contributed by atoms with E-state index in [-0.39, 0.29) is 17.6 Å². The molecule has 1 aliphatic rings. The molecule has 0 saturated heterocycles. The number of pyridine rings is 1. The molecule has 1 aliphatic carbocycles. The van der Waals surface area contributed by atoms with E-state index in [9.17, 15) is 13.6 Å².